The summed E-state index contributed by atoms with van der Waals surface area (Å²) in [4.78, 5) is 14.6. The van der Waals surface area contributed by atoms with E-state index in [1.165, 1.54) is 12.1 Å². The summed E-state index contributed by atoms with van der Waals surface area (Å²) in [5.74, 6) is -0.0677. The van der Waals surface area contributed by atoms with Crippen LogP contribution >= 0.6 is 11.3 Å². The highest BCUT2D eigenvalue weighted by molar-refractivity contribution is 7.90. The van der Waals surface area contributed by atoms with Crippen molar-refractivity contribution in [2.24, 2.45) is 0 Å². The predicted octanol–water partition coefficient (Wildman–Crippen LogP) is 3.00. The summed E-state index contributed by atoms with van der Waals surface area (Å²) in [5.41, 5.74) is 1.20. The molecule has 100 valence electrons. The predicted molar refractivity (Wildman–Crippen MR) is 76.8 cm³/mol. The lowest BCUT2D eigenvalue weighted by Crippen LogP contribution is -2.03. The van der Waals surface area contributed by atoms with Crippen molar-refractivity contribution in [1.82, 2.24) is 0 Å². The number of benzene rings is 1. The molecule has 0 fully saturated rings. The molecule has 0 atom stereocenters. The summed E-state index contributed by atoms with van der Waals surface area (Å²) in [7, 11) is -3.22. The van der Waals surface area contributed by atoms with Crippen LogP contribution in [0, 0.1) is 13.8 Å². The topological polar surface area (TPSA) is 51.2 Å². The van der Waals surface area contributed by atoms with Crippen LogP contribution in [0.3, 0.4) is 0 Å². The molecule has 0 radical (unpaired) electrons. The van der Waals surface area contributed by atoms with E-state index in [4.69, 9.17) is 0 Å². The van der Waals surface area contributed by atoms with Crippen molar-refractivity contribution in [2.75, 3.05) is 6.26 Å². The Labute approximate surface area is 116 Å². The number of hydrogen-bond donors (Lipinski definition) is 0. The molecule has 0 saturated heterocycles. The average molecular weight is 294 g/mol. The number of carbonyl (C=O) groups excluding carboxylic acids is 1. The van der Waals surface area contributed by atoms with Gasteiger partial charge in [-0.1, -0.05) is 0 Å². The van der Waals surface area contributed by atoms with Gasteiger partial charge in [-0.3, -0.25) is 4.79 Å². The zero-order chi connectivity index (χ0) is 14.2. The van der Waals surface area contributed by atoms with Crippen molar-refractivity contribution in [3.05, 3.63) is 51.2 Å². The standard InChI is InChI=1S/C14H14O3S2/c1-9-8-13(10(2)18-9)14(15)11-4-6-12(7-5-11)19(3,16)17/h4-8H,1-3H3. The number of ketones is 1. The van der Waals surface area contributed by atoms with E-state index < -0.39 is 9.84 Å². The van der Waals surface area contributed by atoms with Crippen molar-refractivity contribution >= 4 is 27.0 Å². The first kappa shape index (κ1) is 14.0. The van der Waals surface area contributed by atoms with Gasteiger partial charge >= 0.3 is 0 Å². The summed E-state index contributed by atoms with van der Waals surface area (Å²) in [6, 6.07) is 7.93. The highest BCUT2D eigenvalue weighted by Gasteiger charge is 2.15. The largest absolute Gasteiger partial charge is 0.289 e. The quantitative estimate of drug-likeness (QED) is 0.818. The minimum Gasteiger partial charge on any atom is -0.289 e. The minimum atomic E-state index is -3.22. The van der Waals surface area contributed by atoms with Gasteiger partial charge in [-0.2, -0.15) is 0 Å². The van der Waals surface area contributed by atoms with Crippen LogP contribution in [0.15, 0.2) is 35.2 Å². The summed E-state index contributed by atoms with van der Waals surface area (Å²) in [6.07, 6.45) is 1.15. The third-order valence-corrected chi connectivity index (χ3v) is 4.92. The molecule has 2 aromatic rings. The Bertz CT molecular complexity index is 723. The molecule has 0 aliphatic rings. The van der Waals surface area contributed by atoms with Gasteiger partial charge < -0.3 is 0 Å². The third kappa shape index (κ3) is 2.93. The first-order chi connectivity index (χ1) is 8.79. The van der Waals surface area contributed by atoms with Crippen LogP contribution in [0.25, 0.3) is 0 Å². The fourth-order valence-electron chi connectivity index (χ4n) is 1.87. The van der Waals surface area contributed by atoms with Crippen LogP contribution in [-0.2, 0) is 9.84 Å². The maximum absolute atomic E-state index is 12.3. The van der Waals surface area contributed by atoms with Gasteiger partial charge in [0, 0.05) is 27.1 Å². The zero-order valence-corrected chi connectivity index (χ0v) is 12.6. The maximum atomic E-state index is 12.3. The molecule has 2 rings (SSSR count). The van der Waals surface area contributed by atoms with Gasteiger partial charge in [0.15, 0.2) is 15.6 Å². The van der Waals surface area contributed by atoms with Crippen molar-refractivity contribution < 1.29 is 13.2 Å². The molecule has 0 amide bonds. The Hall–Kier alpha value is -1.46. The molecule has 0 bridgehead atoms. The molecule has 19 heavy (non-hydrogen) atoms. The molecule has 0 N–H and O–H groups in total. The van der Waals surface area contributed by atoms with Crippen molar-refractivity contribution in [3.8, 4) is 0 Å². The second kappa shape index (κ2) is 4.90. The van der Waals surface area contributed by atoms with Crippen molar-refractivity contribution in [3.63, 3.8) is 0 Å². The second-order valence-electron chi connectivity index (χ2n) is 4.45. The molecule has 0 aliphatic heterocycles. The summed E-state index contributed by atoms with van der Waals surface area (Å²) in [6.45, 7) is 3.87. The van der Waals surface area contributed by atoms with Crippen LogP contribution < -0.4 is 0 Å². The van der Waals surface area contributed by atoms with Gasteiger partial charge in [-0.05, 0) is 44.2 Å². The fourth-order valence-corrected chi connectivity index (χ4v) is 3.42. The van der Waals surface area contributed by atoms with E-state index in [9.17, 15) is 13.2 Å². The zero-order valence-electron chi connectivity index (χ0n) is 10.9. The monoisotopic (exact) mass is 294 g/mol. The second-order valence-corrected chi connectivity index (χ2v) is 7.93. The Morgan fingerprint density at radius 3 is 2.11 bits per heavy atom. The Kier molecular flexibility index (Phi) is 3.60. The van der Waals surface area contributed by atoms with Gasteiger partial charge in [0.2, 0.25) is 0 Å². The third-order valence-electron chi connectivity index (χ3n) is 2.83. The maximum Gasteiger partial charge on any atom is 0.194 e. The van der Waals surface area contributed by atoms with Crippen LogP contribution in [0.1, 0.15) is 25.7 Å². The van der Waals surface area contributed by atoms with Crippen LogP contribution in [0.5, 0.6) is 0 Å². The molecular formula is C14H14O3S2. The molecular weight excluding hydrogens is 280 g/mol. The van der Waals surface area contributed by atoms with E-state index in [-0.39, 0.29) is 10.7 Å². The lowest BCUT2D eigenvalue weighted by atomic mass is 10.0. The first-order valence-corrected chi connectivity index (χ1v) is 8.41. The lowest BCUT2D eigenvalue weighted by molar-refractivity contribution is 0.103. The molecule has 1 aromatic heterocycles. The average Bonchev–Trinajstić information content (AvgIpc) is 2.66. The molecule has 0 aliphatic carbocycles. The number of aryl methyl sites for hydroxylation is 2. The van der Waals surface area contributed by atoms with Gasteiger partial charge in [0.1, 0.15) is 0 Å². The normalized spacial score (nSPS) is 11.5. The molecule has 0 unspecified atom stereocenters. The van der Waals surface area contributed by atoms with Crippen molar-refractivity contribution in [2.45, 2.75) is 18.7 Å². The van der Waals surface area contributed by atoms with E-state index in [2.05, 4.69) is 0 Å². The highest BCUT2D eigenvalue weighted by atomic mass is 32.2. The van der Waals surface area contributed by atoms with Gasteiger partial charge in [-0.15, -0.1) is 11.3 Å². The molecule has 3 nitrogen and oxygen atoms in total. The minimum absolute atomic E-state index is 0.0677. The summed E-state index contributed by atoms with van der Waals surface area (Å²) in [5, 5.41) is 0. The molecule has 0 spiro atoms. The van der Waals surface area contributed by atoms with Gasteiger partial charge in [0.05, 0.1) is 4.90 Å². The molecule has 5 heteroatoms. The van der Waals surface area contributed by atoms with E-state index in [1.807, 2.05) is 19.9 Å². The summed E-state index contributed by atoms with van der Waals surface area (Å²) >= 11 is 1.58. The number of thiophene rings is 1. The van der Waals surface area contributed by atoms with E-state index in [0.717, 1.165) is 16.0 Å². The van der Waals surface area contributed by atoms with Crippen molar-refractivity contribution in [1.29, 1.82) is 0 Å². The Morgan fingerprint density at radius 1 is 1.11 bits per heavy atom. The van der Waals surface area contributed by atoms with Gasteiger partial charge in [-0.25, -0.2) is 8.42 Å². The number of sulfone groups is 1. The number of rotatable bonds is 3. The highest BCUT2D eigenvalue weighted by Crippen LogP contribution is 2.23. The number of hydrogen-bond acceptors (Lipinski definition) is 4. The fraction of sp³-hybridized carbons (Fsp3) is 0.214. The molecule has 1 aromatic carbocycles. The van der Waals surface area contributed by atoms with Crippen LogP contribution in [0.2, 0.25) is 0 Å². The summed E-state index contributed by atoms with van der Waals surface area (Å²) < 4.78 is 22.7. The molecule has 1 heterocycles. The van der Waals surface area contributed by atoms with E-state index >= 15 is 0 Å². The Morgan fingerprint density at radius 2 is 1.68 bits per heavy atom. The van der Waals surface area contributed by atoms with Crippen LogP contribution in [0.4, 0.5) is 0 Å². The lowest BCUT2D eigenvalue weighted by Gasteiger charge is -2.02. The van der Waals surface area contributed by atoms with E-state index in [1.54, 1.807) is 23.5 Å². The molecule has 0 saturated carbocycles. The Balaban J connectivity index is 2.38. The smallest absolute Gasteiger partial charge is 0.194 e. The van der Waals surface area contributed by atoms with E-state index in [0.29, 0.717) is 11.1 Å². The number of carbonyl (C=O) groups is 1. The van der Waals surface area contributed by atoms with Gasteiger partial charge in [0.25, 0.3) is 0 Å². The first-order valence-electron chi connectivity index (χ1n) is 5.71. The van der Waals surface area contributed by atoms with Crippen LogP contribution in [-0.4, -0.2) is 20.5 Å². The SMILES string of the molecule is Cc1cc(C(=O)c2ccc(S(C)(=O)=O)cc2)c(C)s1.